The molecule has 6 nitrogen and oxygen atoms in total. The maximum absolute atomic E-state index is 10.6. The summed E-state index contributed by atoms with van der Waals surface area (Å²) < 4.78 is 4.29. The van der Waals surface area contributed by atoms with Crippen LogP contribution >= 0.6 is 23.1 Å². The first-order chi connectivity index (χ1) is 14.3. The van der Waals surface area contributed by atoms with E-state index in [1.165, 1.54) is 11.5 Å². The third kappa shape index (κ3) is 4.96. The second-order valence-electron chi connectivity index (χ2n) is 8.38. The highest BCUT2D eigenvalue weighted by atomic mass is 35.5. The van der Waals surface area contributed by atoms with Crippen LogP contribution < -0.4 is 4.90 Å². The van der Waals surface area contributed by atoms with Gasteiger partial charge in [0.15, 0.2) is 0 Å². The molecule has 1 aliphatic heterocycles. The summed E-state index contributed by atoms with van der Waals surface area (Å²) in [5, 5.41) is 12.3. The molecular formula is C22H26ClN5OS. The molecule has 3 heterocycles. The Morgan fingerprint density at radius 1 is 1.13 bits per heavy atom. The van der Waals surface area contributed by atoms with Crippen LogP contribution in [0.2, 0.25) is 5.02 Å². The molecule has 3 aromatic rings. The van der Waals surface area contributed by atoms with Crippen LogP contribution in [0.15, 0.2) is 30.3 Å². The Balaban J connectivity index is 1.52. The van der Waals surface area contributed by atoms with E-state index in [9.17, 15) is 5.11 Å². The zero-order chi connectivity index (χ0) is 21.3. The molecule has 0 saturated carbocycles. The molecule has 0 unspecified atom stereocenters. The Labute approximate surface area is 186 Å². The van der Waals surface area contributed by atoms with Gasteiger partial charge >= 0.3 is 0 Å². The maximum atomic E-state index is 10.6. The summed E-state index contributed by atoms with van der Waals surface area (Å²) in [4.78, 5) is 16.3. The standard InChI is InChI=1S/C22H26ClN5OS/c1-14-24-21(30-27-14)28-10-8-15(9-11-28)12-20-25-18(13-19(26-20)22(2,3)29)16-4-6-17(23)7-5-16/h4-7,13,15,29H,8-12H2,1-3H3. The summed E-state index contributed by atoms with van der Waals surface area (Å²) in [5.74, 6) is 2.12. The highest BCUT2D eigenvalue weighted by molar-refractivity contribution is 7.09. The fraction of sp³-hybridized carbons (Fsp3) is 0.455. The summed E-state index contributed by atoms with van der Waals surface area (Å²) in [5.41, 5.74) is 1.39. The molecule has 4 rings (SSSR count). The molecule has 0 radical (unpaired) electrons. The van der Waals surface area contributed by atoms with Crippen LogP contribution in [0.25, 0.3) is 11.3 Å². The Kier molecular flexibility index (Phi) is 6.04. The topological polar surface area (TPSA) is 75.0 Å². The van der Waals surface area contributed by atoms with Crippen LogP contribution in [0.4, 0.5) is 5.13 Å². The fourth-order valence-electron chi connectivity index (χ4n) is 3.67. The van der Waals surface area contributed by atoms with Gasteiger partial charge in [0.25, 0.3) is 0 Å². The predicted octanol–water partition coefficient (Wildman–Crippen LogP) is 4.64. The number of hydrogen-bond donors (Lipinski definition) is 1. The number of hydrogen-bond acceptors (Lipinski definition) is 7. The van der Waals surface area contributed by atoms with Gasteiger partial charge in [0.2, 0.25) is 5.13 Å². The molecule has 1 aromatic carbocycles. The average Bonchev–Trinajstić information content (AvgIpc) is 3.14. The van der Waals surface area contributed by atoms with E-state index < -0.39 is 5.60 Å². The van der Waals surface area contributed by atoms with Crippen molar-refractivity contribution in [3.05, 3.63) is 52.7 Å². The van der Waals surface area contributed by atoms with Crippen molar-refractivity contribution >= 4 is 28.3 Å². The molecule has 8 heteroatoms. The zero-order valence-electron chi connectivity index (χ0n) is 17.5. The second kappa shape index (κ2) is 8.57. The molecule has 1 saturated heterocycles. The molecule has 0 atom stereocenters. The van der Waals surface area contributed by atoms with E-state index in [1.54, 1.807) is 13.8 Å². The van der Waals surface area contributed by atoms with E-state index in [-0.39, 0.29) is 0 Å². The van der Waals surface area contributed by atoms with Crippen molar-refractivity contribution in [1.29, 1.82) is 0 Å². The summed E-state index contributed by atoms with van der Waals surface area (Å²) in [6.07, 6.45) is 2.92. The molecule has 0 spiro atoms. The Bertz CT molecular complexity index is 1010. The third-order valence-electron chi connectivity index (χ3n) is 5.41. The summed E-state index contributed by atoms with van der Waals surface area (Å²) in [6.45, 7) is 7.38. The van der Waals surface area contributed by atoms with Gasteiger partial charge in [-0.2, -0.15) is 4.37 Å². The zero-order valence-corrected chi connectivity index (χ0v) is 19.0. The van der Waals surface area contributed by atoms with E-state index in [0.29, 0.717) is 16.6 Å². The van der Waals surface area contributed by atoms with Crippen LogP contribution in [0.5, 0.6) is 0 Å². The minimum Gasteiger partial charge on any atom is -0.384 e. The Morgan fingerprint density at radius 3 is 2.43 bits per heavy atom. The molecule has 2 aromatic heterocycles. The Morgan fingerprint density at radius 2 is 1.83 bits per heavy atom. The number of rotatable bonds is 5. The van der Waals surface area contributed by atoms with Gasteiger partial charge in [-0.05, 0) is 57.7 Å². The van der Waals surface area contributed by atoms with Crippen LogP contribution in [-0.4, -0.2) is 37.5 Å². The van der Waals surface area contributed by atoms with E-state index in [2.05, 4.69) is 14.3 Å². The average molecular weight is 444 g/mol. The lowest BCUT2D eigenvalue weighted by Gasteiger charge is -2.31. The Hall–Kier alpha value is -2.09. The van der Waals surface area contributed by atoms with Crippen LogP contribution in [0.1, 0.15) is 44.0 Å². The molecule has 0 bridgehead atoms. The first kappa shape index (κ1) is 21.2. The number of aromatic nitrogens is 4. The summed E-state index contributed by atoms with van der Waals surface area (Å²) in [7, 11) is 0. The summed E-state index contributed by atoms with van der Waals surface area (Å²) in [6, 6.07) is 9.48. The number of benzene rings is 1. The fourth-order valence-corrected chi connectivity index (χ4v) is 4.52. The maximum Gasteiger partial charge on any atom is 0.205 e. The van der Waals surface area contributed by atoms with E-state index in [1.807, 2.05) is 37.3 Å². The molecule has 158 valence electrons. The number of nitrogens with zero attached hydrogens (tertiary/aromatic N) is 5. The second-order valence-corrected chi connectivity index (χ2v) is 9.55. The van der Waals surface area contributed by atoms with Crippen molar-refractivity contribution < 1.29 is 5.11 Å². The van der Waals surface area contributed by atoms with Gasteiger partial charge in [0, 0.05) is 41.6 Å². The van der Waals surface area contributed by atoms with Gasteiger partial charge < -0.3 is 10.0 Å². The van der Waals surface area contributed by atoms with Gasteiger partial charge in [-0.25, -0.2) is 15.0 Å². The molecular weight excluding hydrogens is 418 g/mol. The van der Waals surface area contributed by atoms with E-state index in [4.69, 9.17) is 21.6 Å². The van der Waals surface area contributed by atoms with Crippen LogP contribution in [-0.2, 0) is 12.0 Å². The van der Waals surface area contributed by atoms with E-state index >= 15 is 0 Å². The normalized spacial score (nSPS) is 15.6. The van der Waals surface area contributed by atoms with Crippen LogP contribution in [0, 0.1) is 12.8 Å². The van der Waals surface area contributed by atoms with Crippen LogP contribution in [0.3, 0.4) is 0 Å². The lowest BCUT2D eigenvalue weighted by atomic mass is 9.93. The van der Waals surface area contributed by atoms with Gasteiger partial charge in [0.1, 0.15) is 17.2 Å². The lowest BCUT2D eigenvalue weighted by molar-refractivity contribution is 0.0734. The molecule has 1 fully saturated rings. The molecule has 30 heavy (non-hydrogen) atoms. The number of aliphatic hydroxyl groups is 1. The van der Waals surface area contributed by atoms with Gasteiger partial charge in [-0.1, -0.05) is 23.7 Å². The lowest BCUT2D eigenvalue weighted by Crippen LogP contribution is -2.34. The quantitative estimate of drug-likeness (QED) is 0.618. The number of aryl methyl sites for hydroxylation is 1. The smallest absolute Gasteiger partial charge is 0.205 e. The first-order valence-electron chi connectivity index (χ1n) is 10.2. The molecule has 1 N–H and O–H groups in total. The highest BCUT2D eigenvalue weighted by Crippen LogP contribution is 2.29. The van der Waals surface area contributed by atoms with Crippen molar-refractivity contribution in [2.24, 2.45) is 5.92 Å². The largest absolute Gasteiger partial charge is 0.384 e. The molecule has 0 amide bonds. The van der Waals surface area contributed by atoms with Gasteiger partial charge in [-0.3, -0.25) is 0 Å². The van der Waals surface area contributed by atoms with Gasteiger partial charge in [-0.15, -0.1) is 0 Å². The van der Waals surface area contributed by atoms with Crippen molar-refractivity contribution in [3.8, 4) is 11.3 Å². The van der Waals surface area contributed by atoms with Crippen molar-refractivity contribution in [1.82, 2.24) is 19.3 Å². The highest BCUT2D eigenvalue weighted by Gasteiger charge is 2.25. The minimum atomic E-state index is -1.03. The van der Waals surface area contributed by atoms with Crippen molar-refractivity contribution in [3.63, 3.8) is 0 Å². The van der Waals surface area contributed by atoms with Crippen molar-refractivity contribution in [2.75, 3.05) is 18.0 Å². The monoisotopic (exact) mass is 443 g/mol. The first-order valence-corrected chi connectivity index (χ1v) is 11.3. The SMILES string of the molecule is Cc1nsc(N2CCC(Cc3nc(-c4ccc(Cl)cc4)cc(C(C)(C)O)n3)CC2)n1. The molecule has 0 aliphatic carbocycles. The molecule has 1 aliphatic rings. The summed E-state index contributed by atoms with van der Waals surface area (Å²) >= 11 is 7.51. The van der Waals surface area contributed by atoms with E-state index in [0.717, 1.165) is 60.4 Å². The predicted molar refractivity (Wildman–Crippen MR) is 121 cm³/mol. The minimum absolute atomic E-state index is 0.505. The van der Waals surface area contributed by atoms with Gasteiger partial charge in [0.05, 0.1) is 11.4 Å². The number of anilines is 1. The number of piperidine rings is 1. The third-order valence-corrected chi connectivity index (χ3v) is 6.53. The van der Waals surface area contributed by atoms with Crippen molar-refractivity contribution in [2.45, 2.75) is 45.6 Å². The number of halogens is 1.